The molecule has 2 aromatic rings. The fourth-order valence-corrected chi connectivity index (χ4v) is 4.62. The number of anilines is 2. The van der Waals surface area contributed by atoms with Crippen LogP contribution in [0.4, 0.5) is 11.4 Å². The third-order valence-corrected chi connectivity index (χ3v) is 6.68. The van der Waals surface area contributed by atoms with E-state index in [2.05, 4.69) is 67.0 Å². The molecule has 4 rings (SSSR count). The topological polar surface area (TPSA) is 58.5 Å². The average Bonchev–Trinajstić information content (AvgIpc) is 2.54. The van der Waals surface area contributed by atoms with Gasteiger partial charge in [0.15, 0.2) is 0 Å². The van der Waals surface area contributed by atoms with Crippen molar-refractivity contribution in [3.05, 3.63) is 59.2 Å². The van der Waals surface area contributed by atoms with E-state index in [9.17, 15) is 0 Å². The van der Waals surface area contributed by atoms with Crippen LogP contribution in [0, 0.1) is 0 Å². The van der Waals surface area contributed by atoms with Gasteiger partial charge in [-0.25, -0.2) is 0 Å². The molecule has 0 radical (unpaired) electrons. The van der Waals surface area contributed by atoms with Gasteiger partial charge in [0.2, 0.25) is 0 Å². The van der Waals surface area contributed by atoms with Crippen molar-refractivity contribution >= 4 is 11.4 Å². The van der Waals surface area contributed by atoms with Crippen molar-refractivity contribution in [1.82, 2.24) is 9.80 Å². The van der Waals surface area contributed by atoms with Crippen molar-refractivity contribution in [2.75, 3.05) is 37.6 Å². The Kier molecular flexibility index (Phi) is 5.35. The van der Waals surface area contributed by atoms with Gasteiger partial charge in [-0.15, -0.1) is 0 Å². The number of likely N-dealkylation sites (tertiary alicyclic amines) is 2. The number of nitrogens with zero attached hydrogens (tertiary/aromatic N) is 2. The van der Waals surface area contributed by atoms with Crippen molar-refractivity contribution in [1.29, 1.82) is 0 Å². The van der Waals surface area contributed by atoms with Crippen LogP contribution >= 0.6 is 0 Å². The first-order valence-electron chi connectivity index (χ1n) is 10.6. The molecule has 0 amide bonds. The van der Waals surface area contributed by atoms with Crippen LogP contribution in [0.2, 0.25) is 0 Å². The molecule has 2 fully saturated rings. The minimum absolute atomic E-state index is 0.530. The lowest BCUT2D eigenvalue weighted by molar-refractivity contribution is 0.100. The van der Waals surface area contributed by atoms with E-state index in [1.165, 1.54) is 16.7 Å². The van der Waals surface area contributed by atoms with Gasteiger partial charge in [0, 0.05) is 61.5 Å². The highest BCUT2D eigenvalue weighted by atomic mass is 15.2. The molecule has 0 aliphatic carbocycles. The third-order valence-electron chi connectivity index (χ3n) is 6.68. The zero-order valence-corrected chi connectivity index (χ0v) is 17.4. The first-order chi connectivity index (χ1) is 13.4. The lowest BCUT2D eigenvalue weighted by atomic mass is 9.87. The van der Waals surface area contributed by atoms with Crippen LogP contribution in [-0.4, -0.2) is 48.1 Å². The molecule has 0 bridgehead atoms. The van der Waals surface area contributed by atoms with Crippen LogP contribution in [-0.2, 0) is 6.42 Å². The molecule has 1 unspecified atom stereocenters. The lowest BCUT2D eigenvalue weighted by Gasteiger charge is -2.44. The van der Waals surface area contributed by atoms with Crippen LogP contribution in [0.25, 0.3) is 0 Å². The van der Waals surface area contributed by atoms with Crippen LogP contribution < -0.4 is 11.5 Å². The van der Waals surface area contributed by atoms with Crippen molar-refractivity contribution in [2.45, 2.75) is 51.1 Å². The second kappa shape index (κ2) is 7.76. The van der Waals surface area contributed by atoms with Gasteiger partial charge in [-0.3, -0.25) is 9.80 Å². The Bertz CT molecular complexity index is 819. The second-order valence-electron chi connectivity index (χ2n) is 9.08. The van der Waals surface area contributed by atoms with Crippen LogP contribution in [0.5, 0.6) is 0 Å². The van der Waals surface area contributed by atoms with Crippen LogP contribution in [0.15, 0.2) is 42.5 Å². The summed E-state index contributed by atoms with van der Waals surface area (Å²) < 4.78 is 0. The number of nitrogen functional groups attached to an aromatic ring is 2. The second-order valence-corrected chi connectivity index (χ2v) is 9.08. The van der Waals surface area contributed by atoms with E-state index in [0.29, 0.717) is 23.9 Å². The first kappa shape index (κ1) is 19.3. The zero-order valence-electron chi connectivity index (χ0n) is 17.4. The molecule has 0 saturated carbocycles. The summed E-state index contributed by atoms with van der Waals surface area (Å²) in [5.41, 5.74) is 18.2. The standard InChI is InChI=1S/C24H34N4/c1-16(2)27-14-21(15-27)23-8-7-18(10-24(23)26)9-17(3)28-12-20(13-28)19-5-4-6-22(25)11-19/h4-8,10-11,16-17,20-21H,9,12-15,25-26H2,1-3H3. The van der Waals surface area contributed by atoms with E-state index in [-0.39, 0.29) is 0 Å². The summed E-state index contributed by atoms with van der Waals surface area (Å²) in [5.74, 6) is 1.21. The molecular weight excluding hydrogens is 344 g/mol. The van der Waals surface area contributed by atoms with Gasteiger partial charge >= 0.3 is 0 Å². The molecule has 0 spiro atoms. The largest absolute Gasteiger partial charge is 0.399 e. The predicted molar refractivity (Wildman–Crippen MR) is 119 cm³/mol. The monoisotopic (exact) mass is 378 g/mol. The molecule has 2 aliphatic rings. The summed E-state index contributed by atoms with van der Waals surface area (Å²) in [7, 11) is 0. The molecule has 150 valence electrons. The number of hydrogen-bond donors (Lipinski definition) is 2. The van der Waals surface area contributed by atoms with E-state index in [4.69, 9.17) is 11.5 Å². The smallest absolute Gasteiger partial charge is 0.0353 e. The van der Waals surface area contributed by atoms with Crippen molar-refractivity contribution < 1.29 is 0 Å². The normalized spacial score (nSPS) is 20.1. The highest BCUT2D eigenvalue weighted by Crippen LogP contribution is 2.34. The van der Waals surface area contributed by atoms with E-state index >= 15 is 0 Å². The number of nitrogens with two attached hydrogens (primary N) is 2. The summed E-state index contributed by atoms with van der Waals surface area (Å²) in [6.07, 6.45) is 1.05. The molecule has 2 aliphatic heterocycles. The number of rotatable bonds is 6. The van der Waals surface area contributed by atoms with Crippen molar-refractivity contribution in [3.8, 4) is 0 Å². The van der Waals surface area contributed by atoms with Gasteiger partial charge in [0.1, 0.15) is 0 Å². The summed E-state index contributed by atoms with van der Waals surface area (Å²) >= 11 is 0. The van der Waals surface area contributed by atoms with E-state index in [0.717, 1.165) is 44.0 Å². The Morgan fingerprint density at radius 3 is 2.25 bits per heavy atom. The third kappa shape index (κ3) is 3.89. The van der Waals surface area contributed by atoms with Crippen molar-refractivity contribution in [3.63, 3.8) is 0 Å². The maximum absolute atomic E-state index is 6.42. The van der Waals surface area contributed by atoms with E-state index in [1.807, 2.05) is 6.07 Å². The summed E-state index contributed by atoms with van der Waals surface area (Å²) in [4.78, 5) is 5.06. The van der Waals surface area contributed by atoms with Gasteiger partial charge in [0.05, 0.1) is 0 Å². The van der Waals surface area contributed by atoms with E-state index in [1.54, 1.807) is 0 Å². The van der Waals surface area contributed by atoms with Gasteiger partial charge in [0.25, 0.3) is 0 Å². The van der Waals surface area contributed by atoms with E-state index < -0.39 is 0 Å². The molecule has 2 saturated heterocycles. The van der Waals surface area contributed by atoms with Gasteiger partial charge in [-0.1, -0.05) is 24.3 Å². The maximum atomic E-state index is 6.42. The van der Waals surface area contributed by atoms with Crippen molar-refractivity contribution in [2.24, 2.45) is 0 Å². The number of hydrogen-bond acceptors (Lipinski definition) is 4. The SMILES string of the molecule is CC(C)N1CC(c2ccc(CC(C)N3CC(c4cccc(N)c4)C3)cc2N)C1. The molecule has 4 N–H and O–H groups in total. The predicted octanol–water partition coefficient (Wildman–Crippen LogP) is 3.69. The van der Waals surface area contributed by atoms with Gasteiger partial charge in [-0.2, -0.15) is 0 Å². The minimum atomic E-state index is 0.530. The summed E-state index contributed by atoms with van der Waals surface area (Å²) in [6, 6.07) is 16.3. The Morgan fingerprint density at radius 2 is 1.61 bits per heavy atom. The quantitative estimate of drug-likeness (QED) is 0.753. The zero-order chi connectivity index (χ0) is 19.8. The molecule has 2 aromatic carbocycles. The lowest BCUT2D eigenvalue weighted by Crippen LogP contribution is -2.50. The highest BCUT2D eigenvalue weighted by Gasteiger charge is 2.32. The fourth-order valence-electron chi connectivity index (χ4n) is 4.62. The molecular formula is C24H34N4. The molecule has 0 aromatic heterocycles. The Labute approximate surface area is 169 Å². The number of benzene rings is 2. The Morgan fingerprint density at radius 1 is 0.893 bits per heavy atom. The van der Waals surface area contributed by atoms with Crippen LogP contribution in [0.3, 0.4) is 0 Å². The molecule has 2 heterocycles. The summed E-state index contributed by atoms with van der Waals surface area (Å²) in [5, 5.41) is 0. The Balaban J connectivity index is 1.31. The maximum Gasteiger partial charge on any atom is 0.0353 e. The van der Waals surface area contributed by atoms with Gasteiger partial charge in [-0.05, 0) is 62.1 Å². The molecule has 28 heavy (non-hydrogen) atoms. The molecule has 4 nitrogen and oxygen atoms in total. The fraction of sp³-hybridized carbons (Fsp3) is 0.500. The Hall–Kier alpha value is -2.04. The average molecular weight is 379 g/mol. The van der Waals surface area contributed by atoms with Crippen LogP contribution in [0.1, 0.15) is 49.3 Å². The highest BCUT2D eigenvalue weighted by molar-refractivity contribution is 5.52. The van der Waals surface area contributed by atoms with Gasteiger partial charge < -0.3 is 11.5 Å². The minimum Gasteiger partial charge on any atom is -0.399 e. The first-order valence-corrected chi connectivity index (χ1v) is 10.6. The molecule has 1 atom stereocenters. The summed E-state index contributed by atoms with van der Waals surface area (Å²) in [6.45, 7) is 11.4. The molecule has 4 heteroatoms.